The normalized spacial score (nSPS) is 11.5. The van der Waals surface area contributed by atoms with E-state index in [0.29, 0.717) is 6.54 Å². The largest absolute Gasteiger partial charge is 0.416 e. The number of nitrogens with zero attached hydrogens (tertiary/aromatic N) is 3. The molecule has 2 aromatic rings. The van der Waals surface area contributed by atoms with Crippen molar-refractivity contribution in [1.82, 2.24) is 14.7 Å². The molecule has 152 valence electrons. The molecule has 10 heteroatoms. The number of halogens is 4. The van der Waals surface area contributed by atoms with Gasteiger partial charge in [0.05, 0.1) is 16.8 Å². The van der Waals surface area contributed by atoms with Crippen molar-refractivity contribution in [2.45, 2.75) is 33.5 Å². The fourth-order valence-corrected chi connectivity index (χ4v) is 2.98. The van der Waals surface area contributed by atoms with E-state index in [0.717, 1.165) is 6.07 Å². The highest BCUT2D eigenvalue weighted by Gasteiger charge is 2.36. The summed E-state index contributed by atoms with van der Waals surface area (Å²) in [5.74, 6) is -0.788. The molecule has 0 radical (unpaired) electrons. The average molecular weight is 418 g/mol. The fraction of sp³-hybridized carbons (Fsp3) is 0.389. The number of aryl methyl sites for hydroxylation is 2. The third-order valence-electron chi connectivity index (χ3n) is 4.11. The van der Waals surface area contributed by atoms with E-state index in [1.54, 1.807) is 6.92 Å². The van der Waals surface area contributed by atoms with Gasteiger partial charge in [-0.3, -0.25) is 4.79 Å². The van der Waals surface area contributed by atoms with Gasteiger partial charge >= 0.3 is 12.3 Å². The molecule has 0 spiro atoms. The highest BCUT2D eigenvalue weighted by atomic mass is 35.5. The van der Waals surface area contributed by atoms with Crippen LogP contribution in [0.2, 0.25) is 5.02 Å². The molecule has 0 atom stereocenters. The molecule has 0 saturated heterocycles. The van der Waals surface area contributed by atoms with Gasteiger partial charge in [0.25, 0.3) is 0 Å². The first-order valence-electron chi connectivity index (χ1n) is 8.26. The van der Waals surface area contributed by atoms with Crippen LogP contribution in [0, 0.1) is 13.8 Å². The summed E-state index contributed by atoms with van der Waals surface area (Å²) in [4.78, 5) is 26.1. The van der Waals surface area contributed by atoms with Crippen LogP contribution < -0.4 is 4.74 Å². The second kappa shape index (κ2) is 7.83. The SMILES string of the molecule is CCn1ncc(C(=O)c2cc(C)c(C(F)(F)F)c(C)c2Cl)c1OC(=O)N(C)C. The van der Waals surface area contributed by atoms with Crippen LogP contribution in [0.15, 0.2) is 12.3 Å². The van der Waals surface area contributed by atoms with Crippen molar-refractivity contribution in [1.29, 1.82) is 0 Å². The van der Waals surface area contributed by atoms with Gasteiger partial charge < -0.3 is 9.64 Å². The number of hydrogen-bond donors (Lipinski definition) is 0. The lowest BCUT2D eigenvalue weighted by molar-refractivity contribution is -0.138. The molecule has 6 nitrogen and oxygen atoms in total. The zero-order chi connectivity index (χ0) is 21.4. The van der Waals surface area contributed by atoms with E-state index < -0.39 is 23.6 Å². The molecular weight excluding hydrogens is 399 g/mol. The maximum atomic E-state index is 13.3. The van der Waals surface area contributed by atoms with Crippen LogP contribution in [-0.4, -0.2) is 40.7 Å². The minimum Gasteiger partial charge on any atom is -0.391 e. The Bertz CT molecular complexity index is 936. The highest BCUT2D eigenvalue weighted by molar-refractivity contribution is 6.36. The Morgan fingerprint density at radius 3 is 2.36 bits per heavy atom. The van der Waals surface area contributed by atoms with Crippen molar-refractivity contribution in [3.8, 4) is 5.88 Å². The number of carbonyl (C=O) groups is 2. The Morgan fingerprint density at radius 2 is 1.86 bits per heavy atom. The number of ketones is 1. The zero-order valence-electron chi connectivity index (χ0n) is 15.9. The molecule has 0 aliphatic heterocycles. The van der Waals surface area contributed by atoms with Crippen molar-refractivity contribution in [2.24, 2.45) is 0 Å². The van der Waals surface area contributed by atoms with Crippen LogP contribution in [0.3, 0.4) is 0 Å². The van der Waals surface area contributed by atoms with Crippen LogP contribution in [0.1, 0.15) is 39.5 Å². The molecule has 1 amide bonds. The molecule has 2 rings (SSSR count). The second-order valence-electron chi connectivity index (χ2n) is 6.32. The van der Waals surface area contributed by atoms with Gasteiger partial charge in [0.1, 0.15) is 5.56 Å². The van der Waals surface area contributed by atoms with E-state index in [4.69, 9.17) is 16.3 Å². The topological polar surface area (TPSA) is 64.4 Å². The Kier molecular flexibility index (Phi) is 6.08. The summed E-state index contributed by atoms with van der Waals surface area (Å²) in [6, 6.07) is 1.08. The average Bonchev–Trinajstić information content (AvgIpc) is 2.98. The third kappa shape index (κ3) is 3.99. The maximum Gasteiger partial charge on any atom is 0.416 e. The monoisotopic (exact) mass is 417 g/mol. The van der Waals surface area contributed by atoms with E-state index in [1.807, 2.05) is 0 Å². The van der Waals surface area contributed by atoms with Crippen LogP contribution in [0.4, 0.5) is 18.0 Å². The molecule has 0 aliphatic rings. The van der Waals surface area contributed by atoms with Crippen molar-refractivity contribution < 1.29 is 27.5 Å². The minimum absolute atomic E-state index is 0.0718. The van der Waals surface area contributed by atoms with Crippen LogP contribution >= 0.6 is 11.6 Å². The molecule has 0 bridgehead atoms. The Labute approximate surface area is 164 Å². The van der Waals surface area contributed by atoms with Crippen LogP contribution in [0.5, 0.6) is 5.88 Å². The smallest absolute Gasteiger partial charge is 0.391 e. The number of amides is 1. The predicted molar refractivity (Wildman–Crippen MR) is 97.0 cm³/mol. The van der Waals surface area contributed by atoms with E-state index in [-0.39, 0.29) is 33.2 Å². The summed E-state index contributed by atoms with van der Waals surface area (Å²) in [6.45, 7) is 4.50. The van der Waals surface area contributed by atoms with Crippen molar-refractivity contribution in [3.63, 3.8) is 0 Å². The summed E-state index contributed by atoms with van der Waals surface area (Å²) in [5, 5.41) is 3.69. The number of alkyl halides is 3. The predicted octanol–water partition coefficient (Wildman–Crippen LogP) is 4.48. The maximum absolute atomic E-state index is 13.3. The molecule has 28 heavy (non-hydrogen) atoms. The first-order valence-corrected chi connectivity index (χ1v) is 8.64. The van der Waals surface area contributed by atoms with Gasteiger partial charge in [0.15, 0.2) is 0 Å². The molecule has 1 aromatic heterocycles. The standard InChI is InChI=1S/C18H19ClF3N3O3/c1-6-25-16(28-17(27)24(4)5)12(8-23-25)15(26)11-7-9(2)13(18(20,21)22)10(3)14(11)19/h7-8H,6H2,1-5H3. The number of rotatable bonds is 4. The van der Waals surface area contributed by atoms with Gasteiger partial charge in [0.2, 0.25) is 11.7 Å². The van der Waals surface area contributed by atoms with E-state index in [1.165, 1.54) is 43.7 Å². The summed E-state index contributed by atoms with van der Waals surface area (Å²) in [7, 11) is 2.94. The number of hydrogen-bond acceptors (Lipinski definition) is 4. The summed E-state index contributed by atoms with van der Waals surface area (Å²) in [6.07, 6.45) is -4.13. The first-order chi connectivity index (χ1) is 12.9. The number of aromatic nitrogens is 2. The third-order valence-corrected chi connectivity index (χ3v) is 4.60. The molecule has 0 fully saturated rings. The number of ether oxygens (including phenoxy) is 1. The molecule has 0 saturated carbocycles. The van der Waals surface area contributed by atoms with Crippen LogP contribution in [0.25, 0.3) is 0 Å². The van der Waals surface area contributed by atoms with E-state index >= 15 is 0 Å². The quantitative estimate of drug-likeness (QED) is 0.688. The van der Waals surface area contributed by atoms with Gasteiger partial charge in [-0.1, -0.05) is 11.6 Å². The summed E-state index contributed by atoms with van der Waals surface area (Å²) < 4.78 is 46.3. The lowest BCUT2D eigenvalue weighted by Gasteiger charge is -2.17. The number of carbonyl (C=O) groups excluding carboxylic acids is 2. The lowest BCUT2D eigenvalue weighted by atomic mass is 9.95. The fourth-order valence-electron chi connectivity index (χ4n) is 2.74. The molecule has 0 aliphatic carbocycles. The minimum atomic E-state index is -4.60. The Balaban J connectivity index is 2.59. The number of benzene rings is 1. The first kappa shape index (κ1) is 21.7. The van der Waals surface area contributed by atoms with Crippen LogP contribution in [-0.2, 0) is 12.7 Å². The summed E-state index contributed by atoms with van der Waals surface area (Å²) in [5.41, 5.74) is -1.45. The Morgan fingerprint density at radius 1 is 1.25 bits per heavy atom. The highest BCUT2D eigenvalue weighted by Crippen LogP contribution is 2.39. The van der Waals surface area contributed by atoms with E-state index in [9.17, 15) is 22.8 Å². The van der Waals surface area contributed by atoms with Crippen molar-refractivity contribution in [2.75, 3.05) is 14.1 Å². The molecule has 0 N–H and O–H groups in total. The van der Waals surface area contributed by atoms with Gasteiger partial charge in [-0.25, -0.2) is 9.48 Å². The van der Waals surface area contributed by atoms with Gasteiger partial charge in [0, 0.05) is 26.2 Å². The van der Waals surface area contributed by atoms with Crippen molar-refractivity contribution in [3.05, 3.63) is 45.1 Å². The van der Waals surface area contributed by atoms with E-state index in [2.05, 4.69) is 5.10 Å². The second-order valence-corrected chi connectivity index (χ2v) is 6.70. The molecule has 0 unspecified atom stereocenters. The van der Waals surface area contributed by atoms with Crippen molar-refractivity contribution >= 4 is 23.5 Å². The van der Waals surface area contributed by atoms with Gasteiger partial charge in [-0.15, -0.1) is 0 Å². The molecular formula is C18H19ClF3N3O3. The van der Waals surface area contributed by atoms with Gasteiger partial charge in [-0.05, 0) is 38.0 Å². The summed E-state index contributed by atoms with van der Waals surface area (Å²) >= 11 is 6.11. The molecule has 1 heterocycles. The van der Waals surface area contributed by atoms with Gasteiger partial charge in [-0.2, -0.15) is 18.3 Å². The lowest BCUT2D eigenvalue weighted by Crippen LogP contribution is -2.27. The molecule has 1 aromatic carbocycles. The Hall–Kier alpha value is -2.55. The zero-order valence-corrected chi connectivity index (χ0v) is 16.7.